The van der Waals surface area contributed by atoms with Crippen LogP contribution in [0.15, 0.2) is 105 Å². The predicted octanol–water partition coefficient (Wildman–Crippen LogP) is 8.17. The zero-order chi connectivity index (χ0) is 26.5. The maximum absolute atomic E-state index is 11.9. The van der Waals surface area contributed by atoms with Crippen LogP contribution in [0.1, 0.15) is 16.7 Å². The number of hydrogen-bond acceptors (Lipinski definition) is 6. The molecule has 0 saturated heterocycles. The van der Waals surface area contributed by atoms with Crippen LogP contribution in [0, 0.1) is 34.1 Å². The van der Waals surface area contributed by atoms with Gasteiger partial charge in [0, 0.05) is 28.1 Å². The van der Waals surface area contributed by atoms with Gasteiger partial charge in [0.2, 0.25) is 0 Å². The summed E-state index contributed by atoms with van der Waals surface area (Å²) < 4.78 is 2.59. The molecule has 0 aliphatic carbocycles. The normalized spacial score (nSPS) is 11.3. The highest BCUT2D eigenvalue weighted by Gasteiger charge is 2.26. The van der Waals surface area contributed by atoms with Crippen LogP contribution in [0.2, 0.25) is 0 Å². The van der Waals surface area contributed by atoms with Crippen molar-refractivity contribution in [3.05, 3.63) is 132 Å². The van der Waals surface area contributed by atoms with Crippen LogP contribution in [-0.4, -0.2) is 15.7 Å². The summed E-state index contributed by atoms with van der Waals surface area (Å²) in [6.45, 7) is 3.96. The second kappa shape index (κ2) is 11.4. The number of rotatable bonds is 7. The van der Waals surface area contributed by atoms with E-state index in [4.69, 9.17) is 4.99 Å². The van der Waals surface area contributed by atoms with Gasteiger partial charge < -0.3 is 0 Å². The maximum atomic E-state index is 11.9. The molecule has 8 nitrogen and oxygen atoms in total. The van der Waals surface area contributed by atoms with E-state index in [0.29, 0.717) is 11.5 Å². The van der Waals surface area contributed by atoms with Gasteiger partial charge in [0.15, 0.2) is 5.84 Å². The Balaban J connectivity index is 1.94. The topological polar surface area (TPSA) is 102 Å². The third-order valence-electron chi connectivity index (χ3n) is 5.38. The molecule has 0 heterocycles. The van der Waals surface area contributed by atoms with Gasteiger partial charge in [-0.3, -0.25) is 24.5 Å². The number of nitro benzene ring substituents is 2. The number of halogens is 1. The van der Waals surface area contributed by atoms with E-state index in [1.165, 1.54) is 12.1 Å². The van der Waals surface area contributed by atoms with Crippen LogP contribution in [0.5, 0.6) is 0 Å². The van der Waals surface area contributed by atoms with Crippen molar-refractivity contribution in [2.45, 2.75) is 18.7 Å². The second-order valence-electron chi connectivity index (χ2n) is 8.14. The number of nitro groups is 2. The SMILES string of the molecule is Cc1ccc(N=C(c2ccccc2Br)N(Sc2ccc([N+](=O)[O-])cc2[N+](=O)[O-])c2ccc(C)cc2)cc1. The predicted molar refractivity (Wildman–Crippen MR) is 151 cm³/mol. The number of aliphatic imine (C=N–C) groups is 1. The quantitative estimate of drug-likeness (QED) is 0.0722. The summed E-state index contributed by atoms with van der Waals surface area (Å²) in [7, 11) is 0. The first-order chi connectivity index (χ1) is 17.7. The molecule has 4 rings (SSSR count). The van der Waals surface area contributed by atoms with E-state index in [1.807, 2.05) is 86.6 Å². The van der Waals surface area contributed by atoms with Crippen LogP contribution in [0.4, 0.5) is 22.7 Å². The first-order valence-corrected chi connectivity index (χ1v) is 12.7. The van der Waals surface area contributed by atoms with Crippen LogP contribution in [0.3, 0.4) is 0 Å². The van der Waals surface area contributed by atoms with E-state index in [2.05, 4.69) is 15.9 Å². The molecule has 0 aliphatic heterocycles. The zero-order valence-corrected chi connectivity index (χ0v) is 22.3. The number of hydrogen-bond donors (Lipinski definition) is 0. The largest absolute Gasteiger partial charge is 0.291 e. The first-order valence-electron chi connectivity index (χ1n) is 11.1. The van der Waals surface area contributed by atoms with Crippen molar-refractivity contribution in [2.24, 2.45) is 4.99 Å². The molecule has 37 heavy (non-hydrogen) atoms. The van der Waals surface area contributed by atoms with Crippen molar-refractivity contribution in [2.75, 3.05) is 4.31 Å². The molecule has 0 N–H and O–H groups in total. The Morgan fingerprint density at radius 3 is 2.05 bits per heavy atom. The molecule has 4 aromatic carbocycles. The molecule has 0 bridgehead atoms. The van der Waals surface area contributed by atoms with Gasteiger partial charge in [0.25, 0.3) is 11.4 Å². The zero-order valence-electron chi connectivity index (χ0n) is 19.9. The summed E-state index contributed by atoms with van der Waals surface area (Å²) in [4.78, 5) is 27.1. The Morgan fingerprint density at radius 2 is 1.46 bits per heavy atom. The number of benzene rings is 4. The minimum absolute atomic E-state index is 0.236. The van der Waals surface area contributed by atoms with Crippen molar-refractivity contribution in [1.82, 2.24) is 0 Å². The molecular formula is C27H21BrN4O4S. The molecule has 10 heteroatoms. The number of aryl methyl sites for hydroxylation is 2. The van der Waals surface area contributed by atoms with Crippen molar-refractivity contribution < 1.29 is 9.85 Å². The molecule has 0 fully saturated rings. The minimum atomic E-state index is -0.648. The molecule has 0 amide bonds. The van der Waals surface area contributed by atoms with E-state index in [-0.39, 0.29) is 16.3 Å². The Bertz CT molecular complexity index is 1490. The van der Waals surface area contributed by atoms with Crippen molar-refractivity contribution >= 4 is 56.5 Å². The molecule has 0 spiro atoms. The van der Waals surface area contributed by atoms with Gasteiger partial charge in [0.1, 0.15) is 4.90 Å². The summed E-state index contributed by atoms with van der Waals surface area (Å²) in [5.74, 6) is 0.526. The molecule has 186 valence electrons. The van der Waals surface area contributed by atoms with E-state index >= 15 is 0 Å². The second-order valence-corrected chi connectivity index (χ2v) is 9.98. The van der Waals surface area contributed by atoms with E-state index < -0.39 is 9.85 Å². The van der Waals surface area contributed by atoms with Gasteiger partial charge in [-0.15, -0.1) is 0 Å². The Morgan fingerprint density at radius 1 is 0.838 bits per heavy atom. The van der Waals surface area contributed by atoms with Gasteiger partial charge in [-0.05, 0) is 50.2 Å². The third kappa shape index (κ3) is 6.22. The van der Waals surface area contributed by atoms with Crippen molar-refractivity contribution in [1.29, 1.82) is 0 Å². The molecule has 0 aliphatic rings. The van der Waals surface area contributed by atoms with Crippen LogP contribution < -0.4 is 4.31 Å². The Kier molecular flexibility index (Phi) is 8.00. The summed E-state index contributed by atoms with van der Waals surface area (Å²) in [5, 5.41) is 23.2. The number of non-ortho nitro benzene ring substituents is 1. The summed E-state index contributed by atoms with van der Waals surface area (Å²) in [6.07, 6.45) is 0. The average molecular weight is 577 g/mol. The van der Waals surface area contributed by atoms with Gasteiger partial charge >= 0.3 is 0 Å². The average Bonchev–Trinajstić information content (AvgIpc) is 2.88. The highest BCUT2D eigenvalue weighted by Crippen LogP contribution is 2.39. The van der Waals surface area contributed by atoms with Gasteiger partial charge in [-0.25, -0.2) is 4.99 Å². The molecule has 0 saturated carbocycles. The molecule has 0 aromatic heterocycles. The van der Waals surface area contributed by atoms with E-state index in [9.17, 15) is 20.2 Å². The van der Waals surface area contributed by atoms with Crippen LogP contribution in [0.25, 0.3) is 0 Å². The minimum Gasteiger partial charge on any atom is -0.263 e. The smallest absolute Gasteiger partial charge is 0.263 e. The Labute approximate surface area is 226 Å². The monoisotopic (exact) mass is 576 g/mol. The summed E-state index contributed by atoms with van der Waals surface area (Å²) in [5.41, 5.74) is 3.62. The Hall–Kier alpha value is -4.02. The lowest BCUT2D eigenvalue weighted by atomic mass is 10.1. The van der Waals surface area contributed by atoms with Crippen LogP contribution in [-0.2, 0) is 0 Å². The summed E-state index contributed by atoms with van der Waals surface area (Å²) >= 11 is 4.70. The standard InChI is InChI=1S/C27H21BrN4O4S/c1-18-7-11-20(12-8-18)29-27(23-5-3-4-6-24(23)28)30(21-13-9-19(2)10-14-21)37-26-16-15-22(31(33)34)17-25(26)32(35)36/h3-17H,1-2H3. The maximum Gasteiger partial charge on any atom is 0.291 e. The number of nitrogens with zero attached hydrogens (tertiary/aromatic N) is 4. The fraction of sp³-hybridized carbons (Fsp3) is 0.0741. The van der Waals surface area contributed by atoms with E-state index in [1.54, 1.807) is 4.31 Å². The fourth-order valence-electron chi connectivity index (χ4n) is 3.44. The van der Waals surface area contributed by atoms with Crippen molar-refractivity contribution in [3.8, 4) is 0 Å². The highest BCUT2D eigenvalue weighted by molar-refractivity contribution is 9.10. The fourth-order valence-corrected chi connectivity index (χ4v) is 4.90. The number of anilines is 1. The van der Waals surface area contributed by atoms with Crippen LogP contribution >= 0.6 is 27.9 Å². The van der Waals surface area contributed by atoms with Gasteiger partial charge in [0.05, 0.1) is 27.3 Å². The highest BCUT2D eigenvalue weighted by atomic mass is 79.9. The molecule has 0 radical (unpaired) electrons. The van der Waals surface area contributed by atoms with Crippen molar-refractivity contribution in [3.63, 3.8) is 0 Å². The lowest BCUT2D eigenvalue weighted by Crippen LogP contribution is -2.25. The lowest BCUT2D eigenvalue weighted by molar-refractivity contribution is -0.396. The molecular weight excluding hydrogens is 556 g/mol. The van der Waals surface area contributed by atoms with E-state index in [0.717, 1.165) is 44.9 Å². The third-order valence-corrected chi connectivity index (χ3v) is 7.18. The molecule has 4 aromatic rings. The molecule has 0 unspecified atom stereocenters. The lowest BCUT2D eigenvalue weighted by Gasteiger charge is -2.26. The first kappa shape index (κ1) is 26.1. The number of amidine groups is 1. The van der Waals surface area contributed by atoms with Gasteiger partial charge in [-0.2, -0.15) is 0 Å². The van der Waals surface area contributed by atoms with Gasteiger partial charge in [-0.1, -0.05) is 69.5 Å². The molecule has 0 atom stereocenters. The summed E-state index contributed by atoms with van der Waals surface area (Å²) in [6, 6.07) is 26.6.